The number of likely N-dealkylation sites (tertiary alicyclic amines) is 1. The SMILES string of the molecule is CCCCOc1nc(N)c2c(n1)C(Cc1ccc(C3CCCN3C)cc1)=CC2. The fourth-order valence-electron chi connectivity index (χ4n) is 4.21. The summed E-state index contributed by atoms with van der Waals surface area (Å²) in [5.41, 5.74) is 12.1. The van der Waals surface area contributed by atoms with E-state index in [0.29, 0.717) is 24.5 Å². The molecular formula is C23H30N4O. The summed E-state index contributed by atoms with van der Waals surface area (Å²) in [6.45, 7) is 3.96. The van der Waals surface area contributed by atoms with Crippen LogP contribution in [0.15, 0.2) is 30.3 Å². The Labute approximate surface area is 167 Å². The predicted molar refractivity (Wildman–Crippen MR) is 113 cm³/mol. The van der Waals surface area contributed by atoms with Crippen molar-refractivity contribution in [1.82, 2.24) is 14.9 Å². The first-order valence-electron chi connectivity index (χ1n) is 10.4. The third-order valence-corrected chi connectivity index (χ3v) is 5.88. The van der Waals surface area contributed by atoms with Gasteiger partial charge in [0.05, 0.1) is 12.3 Å². The minimum Gasteiger partial charge on any atom is -0.463 e. The molecule has 148 valence electrons. The number of hydrogen-bond acceptors (Lipinski definition) is 5. The van der Waals surface area contributed by atoms with Gasteiger partial charge in [-0.1, -0.05) is 43.7 Å². The number of aromatic nitrogens is 2. The van der Waals surface area contributed by atoms with Crippen LogP contribution in [0.3, 0.4) is 0 Å². The van der Waals surface area contributed by atoms with E-state index in [1.54, 1.807) is 0 Å². The van der Waals surface area contributed by atoms with Gasteiger partial charge in [0.1, 0.15) is 5.82 Å². The van der Waals surface area contributed by atoms with Gasteiger partial charge in [-0.05, 0) is 62.4 Å². The zero-order chi connectivity index (χ0) is 19.5. The molecule has 0 bridgehead atoms. The molecule has 28 heavy (non-hydrogen) atoms. The average molecular weight is 379 g/mol. The van der Waals surface area contributed by atoms with Gasteiger partial charge in [0.15, 0.2) is 0 Å². The largest absolute Gasteiger partial charge is 0.463 e. The highest BCUT2D eigenvalue weighted by Crippen LogP contribution is 2.34. The molecule has 2 N–H and O–H groups in total. The fourth-order valence-corrected chi connectivity index (χ4v) is 4.21. The van der Waals surface area contributed by atoms with Crippen LogP contribution in [0.25, 0.3) is 5.57 Å². The molecule has 2 aliphatic rings. The highest BCUT2D eigenvalue weighted by atomic mass is 16.5. The van der Waals surface area contributed by atoms with Crippen molar-refractivity contribution in [2.45, 2.75) is 51.5 Å². The summed E-state index contributed by atoms with van der Waals surface area (Å²) in [5.74, 6) is 0.544. The lowest BCUT2D eigenvalue weighted by Gasteiger charge is -2.20. The Morgan fingerprint density at radius 2 is 2.04 bits per heavy atom. The molecule has 2 aromatic rings. The highest BCUT2D eigenvalue weighted by molar-refractivity contribution is 5.75. The van der Waals surface area contributed by atoms with Gasteiger partial charge >= 0.3 is 6.01 Å². The number of nitrogen functional groups attached to an aromatic ring is 1. The van der Waals surface area contributed by atoms with Crippen LogP contribution in [0.4, 0.5) is 5.82 Å². The molecule has 1 aliphatic carbocycles. The second kappa shape index (κ2) is 8.31. The number of rotatable bonds is 7. The standard InChI is InChI=1S/C23H30N4O/c1-3-4-14-28-23-25-21-18(11-12-19(21)22(24)26-23)15-16-7-9-17(10-8-16)20-6-5-13-27(20)2/h7-11,20H,3-6,12-15H2,1-2H3,(H2,24,25,26). The third-order valence-electron chi connectivity index (χ3n) is 5.88. The Kier molecular flexibility index (Phi) is 5.62. The van der Waals surface area contributed by atoms with E-state index >= 15 is 0 Å². The summed E-state index contributed by atoms with van der Waals surface area (Å²) in [4.78, 5) is 11.4. The van der Waals surface area contributed by atoms with E-state index in [9.17, 15) is 0 Å². The molecule has 5 heteroatoms. The zero-order valence-electron chi connectivity index (χ0n) is 16.9. The molecule has 4 rings (SSSR count). The van der Waals surface area contributed by atoms with Crippen LogP contribution in [0, 0.1) is 0 Å². The topological polar surface area (TPSA) is 64.3 Å². The average Bonchev–Trinajstić information content (AvgIpc) is 3.30. The lowest BCUT2D eigenvalue weighted by atomic mass is 9.99. The van der Waals surface area contributed by atoms with Crippen molar-refractivity contribution < 1.29 is 4.74 Å². The number of hydrogen-bond donors (Lipinski definition) is 1. The monoisotopic (exact) mass is 378 g/mol. The van der Waals surface area contributed by atoms with E-state index in [2.05, 4.69) is 59.2 Å². The van der Waals surface area contributed by atoms with Gasteiger partial charge in [-0.15, -0.1) is 0 Å². The highest BCUT2D eigenvalue weighted by Gasteiger charge is 2.23. The number of nitrogens with two attached hydrogens (primary N) is 1. The second-order valence-electron chi connectivity index (χ2n) is 7.91. The first-order chi connectivity index (χ1) is 13.7. The molecule has 0 saturated carbocycles. The molecule has 1 aromatic heterocycles. The molecule has 1 unspecified atom stereocenters. The van der Waals surface area contributed by atoms with Gasteiger partial charge in [-0.25, -0.2) is 0 Å². The quantitative estimate of drug-likeness (QED) is 0.732. The second-order valence-corrected chi connectivity index (χ2v) is 7.91. The number of allylic oxidation sites excluding steroid dienone is 2. The van der Waals surface area contributed by atoms with Gasteiger partial charge < -0.3 is 10.5 Å². The van der Waals surface area contributed by atoms with Gasteiger partial charge in [-0.2, -0.15) is 9.97 Å². The maximum atomic E-state index is 6.17. The summed E-state index contributed by atoms with van der Waals surface area (Å²) in [6.07, 6.45) is 8.51. The molecule has 0 radical (unpaired) electrons. The van der Waals surface area contributed by atoms with Crippen molar-refractivity contribution >= 4 is 11.4 Å². The van der Waals surface area contributed by atoms with Crippen molar-refractivity contribution in [3.8, 4) is 6.01 Å². The maximum absolute atomic E-state index is 6.17. The summed E-state index contributed by atoms with van der Waals surface area (Å²) in [6, 6.07) is 10.0. The Hall–Kier alpha value is -2.40. The van der Waals surface area contributed by atoms with Crippen molar-refractivity contribution in [3.63, 3.8) is 0 Å². The van der Waals surface area contributed by atoms with E-state index in [1.165, 1.54) is 36.1 Å². The van der Waals surface area contributed by atoms with Crippen molar-refractivity contribution in [3.05, 3.63) is 52.7 Å². The van der Waals surface area contributed by atoms with Crippen molar-refractivity contribution in [1.29, 1.82) is 0 Å². The molecule has 1 fully saturated rings. The Morgan fingerprint density at radius 1 is 1.21 bits per heavy atom. The normalized spacial score (nSPS) is 18.9. The molecule has 1 aromatic carbocycles. The molecule has 1 atom stereocenters. The lowest BCUT2D eigenvalue weighted by Crippen LogP contribution is -2.17. The fraction of sp³-hybridized carbons (Fsp3) is 0.478. The molecular weight excluding hydrogens is 348 g/mol. The van der Waals surface area contributed by atoms with Crippen LogP contribution in [0.1, 0.15) is 61.0 Å². The smallest absolute Gasteiger partial charge is 0.318 e. The number of anilines is 1. The van der Waals surface area contributed by atoms with Gasteiger partial charge in [0, 0.05) is 11.6 Å². The Morgan fingerprint density at radius 3 is 2.75 bits per heavy atom. The molecule has 0 spiro atoms. The summed E-state index contributed by atoms with van der Waals surface area (Å²) in [7, 11) is 2.22. The van der Waals surface area contributed by atoms with Crippen LogP contribution in [0.2, 0.25) is 0 Å². The van der Waals surface area contributed by atoms with Crippen LogP contribution >= 0.6 is 0 Å². The summed E-state index contributed by atoms with van der Waals surface area (Å²) in [5, 5.41) is 0. The summed E-state index contributed by atoms with van der Waals surface area (Å²) >= 11 is 0. The van der Waals surface area contributed by atoms with E-state index in [4.69, 9.17) is 10.5 Å². The Bertz CT molecular complexity index is 860. The number of fused-ring (bicyclic) bond motifs is 1. The Balaban J connectivity index is 1.48. The summed E-state index contributed by atoms with van der Waals surface area (Å²) < 4.78 is 5.70. The van der Waals surface area contributed by atoms with Crippen LogP contribution in [-0.4, -0.2) is 35.1 Å². The van der Waals surface area contributed by atoms with Gasteiger partial charge in [0.2, 0.25) is 0 Å². The first-order valence-corrected chi connectivity index (χ1v) is 10.4. The van der Waals surface area contributed by atoms with Gasteiger partial charge in [-0.3, -0.25) is 4.90 Å². The van der Waals surface area contributed by atoms with Gasteiger partial charge in [0.25, 0.3) is 0 Å². The zero-order valence-corrected chi connectivity index (χ0v) is 16.9. The van der Waals surface area contributed by atoms with E-state index in [-0.39, 0.29) is 0 Å². The molecule has 2 heterocycles. The van der Waals surface area contributed by atoms with Crippen molar-refractivity contribution in [2.75, 3.05) is 25.9 Å². The van der Waals surface area contributed by atoms with E-state index < -0.39 is 0 Å². The maximum Gasteiger partial charge on any atom is 0.318 e. The van der Waals surface area contributed by atoms with Crippen LogP contribution in [0.5, 0.6) is 6.01 Å². The molecule has 1 aliphatic heterocycles. The molecule has 0 amide bonds. The lowest BCUT2D eigenvalue weighted by molar-refractivity contribution is 0.285. The minimum atomic E-state index is 0.400. The van der Waals surface area contributed by atoms with Crippen LogP contribution in [-0.2, 0) is 12.8 Å². The first kappa shape index (κ1) is 18.9. The molecule has 5 nitrogen and oxygen atoms in total. The van der Waals surface area contributed by atoms with E-state index in [0.717, 1.165) is 36.9 Å². The minimum absolute atomic E-state index is 0.400. The third kappa shape index (κ3) is 3.90. The molecule has 1 saturated heterocycles. The number of nitrogens with zero attached hydrogens (tertiary/aromatic N) is 3. The number of ether oxygens (including phenoxy) is 1. The number of benzene rings is 1. The van der Waals surface area contributed by atoms with Crippen molar-refractivity contribution in [2.24, 2.45) is 0 Å². The number of unbranched alkanes of at least 4 members (excludes halogenated alkanes) is 1. The van der Waals surface area contributed by atoms with E-state index in [1.807, 2.05) is 0 Å². The van der Waals surface area contributed by atoms with Crippen LogP contribution < -0.4 is 10.5 Å². The predicted octanol–water partition coefficient (Wildman–Crippen LogP) is 4.19.